The van der Waals surface area contributed by atoms with Crippen LogP contribution in [-0.4, -0.2) is 4.98 Å². The minimum Gasteiger partial charge on any atom is -0.437 e. The molecule has 0 bridgehead atoms. The molecule has 7 heterocycles. The minimum atomic E-state index is 0.107. The normalized spacial score (nSPS) is 19.2. The van der Waals surface area contributed by atoms with E-state index in [-0.39, 0.29) is 22.8 Å². The molecule has 4 nitrogen and oxygen atoms in total. The van der Waals surface area contributed by atoms with Gasteiger partial charge in [-0.15, -0.1) is 11.3 Å². The van der Waals surface area contributed by atoms with E-state index in [1.807, 2.05) is 18.3 Å². The zero-order valence-corrected chi connectivity index (χ0v) is 32.0. The van der Waals surface area contributed by atoms with Gasteiger partial charge in [0.25, 0.3) is 0 Å². The Morgan fingerprint density at radius 1 is 0.804 bits per heavy atom. The van der Waals surface area contributed by atoms with E-state index in [1.165, 1.54) is 73.0 Å². The number of fused-ring (bicyclic) bond motifs is 13. The Hall–Kier alpha value is -4.61. The number of hydrogen-bond acceptors (Lipinski definition) is 3. The lowest BCUT2D eigenvalue weighted by Crippen LogP contribution is -2.48. The van der Waals surface area contributed by atoms with E-state index in [1.54, 1.807) is 10.4 Å². The molecule has 0 saturated carbocycles. The van der Waals surface area contributed by atoms with Gasteiger partial charge in [-0.1, -0.05) is 51.5 Å². The number of thiophene rings is 1. The first-order chi connectivity index (χ1) is 24.3. The van der Waals surface area contributed by atoms with Crippen molar-refractivity contribution >= 4 is 59.8 Å². The van der Waals surface area contributed by atoms with Gasteiger partial charge in [0.15, 0.2) is 24.0 Å². The standard InChI is InChI=1S/C46H45N3OS/c1-24-10-13-30-33(18-24)39(28(5)48-22-26(3)25(2)19-35(30)48)36-20-29-12-15-31-32-14-11-27(4)47-44(32)50-42(31)40(29)37-21-38-34(23-49(36)37)41-43(51-38)46(8,9)17-16-45(41,6)7/h10-15,18-23,28,39H,16-17H2,1-9H3/q+2. The molecule has 254 valence electrons. The second-order valence-electron chi connectivity index (χ2n) is 17.0. The number of aryl methyl sites for hydroxylation is 4. The third-order valence-corrected chi connectivity index (χ3v) is 14.1. The Balaban J connectivity index is 1.37. The van der Waals surface area contributed by atoms with Crippen molar-refractivity contribution in [1.82, 2.24) is 4.98 Å². The van der Waals surface area contributed by atoms with Gasteiger partial charge in [-0.2, -0.15) is 8.97 Å². The van der Waals surface area contributed by atoms with E-state index in [0.717, 1.165) is 27.4 Å². The lowest BCUT2D eigenvalue weighted by Gasteiger charge is -2.39. The van der Waals surface area contributed by atoms with Gasteiger partial charge in [0.1, 0.15) is 5.92 Å². The van der Waals surface area contributed by atoms with Crippen molar-refractivity contribution in [3.8, 4) is 11.3 Å². The Morgan fingerprint density at radius 3 is 2.41 bits per heavy atom. The molecule has 5 heteroatoms. The summed E-state index contributed by atoms with van der Waals surface area (Å²) < 4.78 is 13.2. The van der Waals surface area contributed by atoms with E-state index >= 15 is 0 Å². The van der Waals surface area contributed by atoms with E-state index in [0.29, 0.717) is 5.71 Å². The average Bonchev–Trinajstić information content (AvgIpc) is 3.66. The van der Waals surface area contributed by atoms with Crippen molar-refractivity contribution in [3.63, 3.8) is 0 Å². The molecule has 2 atom stereocenters. The van der Waals surface area contributed by atoms with Crippen LogP contribution in [0.1, 0.15) is 104 Å². The highest BCUT2D eigenvalue weighted by atomic mass is 32.1. The summed E-state index contributed by atoms with van der Waals surface area (Å²) in [6.45, 7) is 20.9. The molecule has 0 fully saturated rings. The van der Waals surface area contributed by atoms with E-state index in [2.05, 4.69) is 137 Å². The van der Waals surface area contributed by atoms with Crippen molar-refractivity contribution < 1.29 is 13.4 Å². The monoisotopic (exact) mass is 687 g/mol. The SMILES string of the molecule is Cc1ccc2c(c1)C(c1cc3ccc4c5ccc(C)nc5oc4c3c3cc4sc5c(c4c[n+]13)C(C)(C)CCC5(C)C)C(C)[n+]1cc(C)c(C)cc1-2. The number of hydrogen-bond donors (Lipinski definition) is 0. The molecule has 0 spiro atoms. The summed E-state index contributed by atoms with van der Waals surface area (Å²) in [5.41, 5.74) is 14.9. The molecule has 8 aromatic rings. The van der Waals surface area contributed by atoms with Crippen molar-refractivity contribution in [2.75, 3.05) is 0 Å². The summed E-state index contributed by atoms with van der Waals surface area (Å²) in [6, 6.07) is 23.4. The fraction of sp³-hybridized carbons (Fsp3) is 0.326. The molecule has 0 N–H and O–H groups in total. The van der Waals surface area contributed by atoms with Crippen molar-refractivity contribution in [3.05, 3.63) is 117 Å². The highest BCUT2D eigenvalue weighted by Gasteiger charge is 2.45. The molecule has 0 radical (unpaired) electrons. The number of aromatic nitrogens is 3. The van der Waals surface area contributed by atoms with Gasteiger partial charge >= 0.3 is 0 Å². The molecule has 2 aromatic carbocycles. The highest BCUT2D eigenvalue weighted by Crippen LogP contribution is 2.53. The smallest absolute Gasteiger partial charge is 0.227 e. The molecule has 2 aliphatic rings. The van der Waals surface area contributed by atoms with Crippen LogP contribution in [0.5, 0.6) is 0 Å². The molecular formula is C46H45N3OS+2. The molecule has 2 unspecified atom stereocenters. The largest absolute Gasteiger partial charge is 0.437 e. The van der Waals surface area contributed by atoms with Gasteiger partial charge in [-0.05, 0) is 105 Å². The zero-order valence-electron chi connectivity index (χ0n) is 31.2. The molecule has 6 aromatic heterocycles. The van der Waals surface area contributed by atoms with Crippen LogP contribution in [0.4, 0.5) is 0 Å². The number of rotatable bonds is 1. The lowest BCUT2D eigenvalue weighted by atomic mass is 9.66. The van der Waals surface area contributed by atoms with Crippen LogP contribution in [-0.2, 0) is 10.8 Å². The van der Waals surface area contributed by atoms with Crippen LogP contribution >= 0.6 is 11.3 Å². The lowest BCUT2D eigenvalue weighted by molar-refractivity contribution is -0.716. The summed E-state index contributed by atoms with van der Waals surface area (Å²) in [6.07, 6.45) is 7.28. The first-order valence-electron chi connectivity index (χ1n) is 18.5. The minimum absolute atomic E-state index is 0.107. The number of nitrogens with zero attached hydrogens (tertiary/aromatic N) is 3. The Kier molecular flexibility index (Phi) is 6.26. The van der Waals surface area contributed by atoms with Crippen LogP contribution < -0.4 is 8.97 Å². The predicted octanol–water partition coefficient (Wildman–Crippen LogP) is 11.3. The fourth-order valence-electron chi connectivity index (χ4n) is 9.52. The van der Waals surface area contributed by atoms with E-state index < -0.39 is 0 Å². The first kappa shape index (κ1) is 31.2. The highest BCUT2D eigenvalue weighted by molar-refractivity contribution is 7.19. The summed E-state index contributed by atoms with van der Waals surface area (Å²) in [4.78, 5) is 6.37. The topological polar surface area (TPSA) is 34.0 Å². The number of benzene rings is 2. The fourth-order valence-corrected chi connectivity index (χ4v) is 11.0. The van der Waals surface area contributed by atoms with Gasteiger partial charge in [0.05, 0.1) is 16.3 Å². The van der Waals surface area contributed by atoms with E-state index in [9.17, 15) is 0 Å². The van der Waals surface area contributed by atoms with Crippen LogP contribution in [0.25, 0.3) is 59.7 Å². The molecular weight excluding hydrogens is 643 g/mol. The van der Waals surface area contributed by atoms with Crippen LogP contribution in [0.15, 0.2) is 77.5 Å². The van der Waals surface area contributed by atoms with Crippen molar-refractivity contribution in [2.24, 2.45) is 0 Å². The van der Waals surface area contributed by atoms with Gasteiger partial charge in [0, 0.05) is 49.8 Å². The number of furan rings is 1. The Morgan fingerprint density at radius 2 is 1.59 bits per heavy atom. The van der Waals surface area contributed by atoms with Crippen LogP contribution in [0.3, 0.4) is 0 Å². The van der Waals surface area contributed by atoms with Crippen LogP contribution in [0.2, 0.25) is 0 Å². The molecule has 10 rings (SSSR count). The molecule has 1 aliphatic carbocycles. The summed E-state index contributed by atoms with van der Waals surface area (Å²) >= 11 is 2.01. The van der Waals surface area contributed by atoms with Gasteiger partial charge in [0.2, 0.25) is 22.6 Å². The molecule has 51 heavy (non-hydrogen) atoms. The maximum absolute atomic E-state index is 6.74. The first-order valence-corrected chi connectivity index (χ1v) is 19.3. The Bertz CT molecular complexity index is 2830. The summed E-state index contributed by atoms with van der Waals surface area (Å²) in [5.74, 6) is 0.128. The maximum atomic E-state index is 6.74. The van der Waals surface area contributed by atoms with E-state index in [4.69, 9.17) is 9.40 Å². The third-order valence-electron chi connectivity index (χ3n) is 12.6. The maximum Gasteiger partial charge on any atom is 0.227 e. The molecule has 1 aliphatic heterocycles. The van der Waals surface area contributed by atoms with Gasteiger partial charge in [-0.3, -0.25) is 0 Å². The van der Waals surface area contributed by atoms with Gasteiger partial charge in [-0.25, -0.2) is 4.98 Å². The molecule has 0 amide bonds. The van der Waals surface area contributed by atoms with Crippen molar-refractivity contribution in [2.45, 2.75) is 97.9 Å². The van der Waals surface area contributed by atoms with Gasteiger partial charge < -0.3 is 4.42 Å². The quantitative estimate of drug-likeness (QED) is 0.127. The Labute approximate surface area is 303 Å². The summed E-state index contributed by atoms with van der Waals surface area (Å²) in [5, 5.41) is 5.94. The second-order valence-corrected chi connectivity index (χ2v) is 18.1. The predicted molar refractivity (Wildman–Crippen MR) is 210 cm³/mol. The van der Waals surface area contributed by atoms with Crippen molar-refractivity contribution in [1.29, 1.82) is 0 Å². The second kappa shape index (κ2) is 10.3. The number of pyridine rings is 4. The van der Waals surface area contributed by atoms with Crippen LogP contribution in [0, 0.1) is 27.7 Å². The summed E-state index contributed by atoms with van der Waals surface area (Å²) in [7, 11) is 0. The average molecular weight is 688 g/mol. The third kappa shape index (κ3) is 4.27. The molecule has 0 saturated heterocycles. The zero-order chi connectivity index (χ0) is 35.3.